The van der Waals surface area contributed by atoms with Gasteiger partial charge in [-0.2, -0.15) is 5.26 Å². The number of Topliss-reactive ketones (excluding diaryl/α,β-unsaturated/α-hetero) is 1. The van der Waals surface area contributed by atoms with Crippen LogP contribution in [0.2, 0.25) is 0 Å². The zero-order valence-corrected chi connectivity index (χ0v) is 10.6. The number of nitrogens with one attached hydrogen (secondary N) is 1. The number of anilines is 1. The Hall–Kier alpha value is -2.15. The number of rotatable bonds is 3. The van der Waals surface area contributed by atoms with Gasteiger partial charge in [0.25, 0.3) is 0 Å². The molecule has 94 valence electrons. The largest absolute Gasteiger partial charge is 0.358 e. The second-order valence-corrected chi connectivity index (χ2v) is 4.87. The van der Waals surface area contributed by atoms with Crippen LogP contribution in [0.4, 0.5) is 10.1 Å². The fraction of sp³-hybridized carbons (Fsp3) is 0.286. The van der Waals surface area contributed by atoms with E-state index in [4.69, 9.17) is 5.26 Å². The van der Waals surface area contributed by atoms with Gasteiger partial charge in [-0.15, -0.1) is 0 Å². The smallest absolute Gasteiger partial charge is 0.180 e. The van der Waals surface area contributed by atoms with Crippen molar-refractivity contribution < 1.29 is 9.18 Å². The number of carbonyl (C=O) groups excluding carboxylic acids is 1. The van der Waals surface area contributed by atoms with Gasteiger partial charge in [-0.1, -0.05) is 32.9 Å². The highest BCUT2D eigenvalue weighted by Crippen LogP contribution is 2.20. The number of nitrogens with zero attached hydrogens (tertiary/aromatic N) is 1. The molecule has 0 amide bonds. The number of allylic oxidation sites excluding steroid dienone is 1. The highest BCUT2D eigenvalue weighted by atomic mass is 19.1. The van der Waals surface area contributed by atoms with Crippen LogP contribution in [-0.4, -0.2) is 5.78 Å². The number of ketones is 1. The first kappa shape index (κ1) is 13.9. The van der Waals surface area contributed by atoms with E-state index in [9.17, 15) is 9.18 Å². The van der Waals surface area contributed by atoms with Gasteiger partial charge in [0.1, 0.15) is 17.5 Å². The topological polar surface area (TPSA) is 52.9 Å². The molecule has 0 aliphatic carbocycles. The molecule has 0 atom stereocenters. The molecule has 1 aromatic rings. The summed E-state index contributed by atoms with van der Waals surface area (Å²) in [6.07, 6.45) is 1.24. The van der Waals surface area contributed by atoms with Crippen molar-refractivity contribution in [3.05, 3.63) is 41.9 Å². The van der Waals surface area contributed by atoms with Gasteiger partial charge < -0.3 is 5.32 Å². The van der Waals surface area contributed by atoms with E-state index in [1.807, 2.05) is 6.07 Å². The lowest BCUT2D eigenvalue weighted by Gasteiger charge is -2.15. The van der Waals surface area contributed by atoms with Crippen LogP contribution in [0, 0.1) is 22.6 Å². The Bertz CT molecular complexity index is 521. The summed E-state index contributed by atoms with van der Waals surface area (Å²) in [5, 5.41) is 11.6. The summed E-state index contributed by atoms with van der Waals surface area (Å²) < 4.78 is 13.3. The van der Waals surface area contributed by atoms with Crippen LogP contribution < -0.4 is 5.32 Å². The third-order valence-corrected chi connectivity index (χ3v) is 2.29. The van der Waals surface area contributed by atoms with Gasteiger partial charge in [0.15, 0.2) is 5.78 Å². The van der Waals surface area contributed by atoms with Gasteiger partial charge in [0.05, 0.1) is 5.69 Å². The number of para-hydroxylation sites is 1. The van der Waals surface area contributed by atoms with E-state index in [1.165, 1.54) is 18.3 Å². The molecule has 0 aromatic heterocycles. The average Bonchev–Trinajstić information content (AvgIpc) is 2.30. The summed E-state index contributed by atoms with van der Waals surface area (Å²) >= 11 is 0. The van der Waals surface area contributed by atoms with Crippen LogP contribution in [0.25, 0.3) is 0 Å². The zero-order valence-electron chi connectivity index (χ0n) is 10.6. The van der Waals surface area contributed by atoms with Crippen LogP contribution in [0.5, 0.6) is 0 Å². The second-order valence-electron chi connectivity index (χ2n) is 4.87. The summed E-state index contributed by atoms with van der Waals surface area (Å²) in [6, 6.07) is 7.88. The van der Waals surface area contributed by atoms with Crippen LogP contribution in [-0.2, 0) is 4.79 Å². The molecule has 0 saturated carbocycles. The number of hydrogen-bond donors (Lipinski definition) is 1. The number of halogens is 1. The first-order valence-corrected chi connectivity index (χ1v) is 5.52. The normalized spacial score (nSPS) is 11.8. The molecular formula is C14H15FN2O. The summed E-state index contributed by atoms with van der Waals surface area (Å²) in [5.41, 5.74) is -0.434. The molecule has 1 rings (SSSR count). The van der Waals surface area contributed by atoms with Gasteiger partial charge in [-0.3, -0.25) is 4.79 Å². The van der Waals surface area contributed by atoms with E-state index in [1.54, 1.807) is 32.9 Å². The molecule has 18 heavy (non-hydrogen) atoms. The lowest BCUT2D eigenvalue weighted by molar-refractivity contribution is -0.122. The number of benzene rings is 1. The van der Waals surface area contributed by atoms with Gasteiger partial charge in [0, 0.05) is 11.6 Å². The van der Waals surface area contributed by atoms with Crippen molar-refractivity contribution in [1.82, 2.24) is 0 Å². The summed E-state index contributed by atoms with van der Waals surface area (Å²) in [4.78, 5) is 11.9. The Kier molecular flexibility index (Phi) is 4.22. The summed E-state index contributed by atoms with van der Waals surface area (Å²) in [5.74, 6) is -0.719. The van der Waals surface area contributed by atoms with Crippen LogP contribution in [0.15, 0.2) is 36.0 Å². The van der Waals surface area contributed by atoms with Crippen molar-refractivity contribution in [2.75, 3.05) is 5.32 Å². The van der Waals surface area contributed by atoms with E-state index < -0.39 is 11.2 Å². The molecule has 0 fully saturated rings. The van der Waals surface area contributed by atoms with Crippen LogP contribution in [0.3, 0.4) is 0 Å². The van der Waals surface area contributed by atoms with Crippen molar-refractivity contribution in [3.8, 4) is 6.07 Å². The minimum atomic E-state index is -0.640. The Morgan fingerprint density at radius 1 is 1.39 bits per heavy atom. The maximum Gasteiger partial charge on any atom is 0.180 e. The SMILES string of the molecule is CC(C)(C)C(=O)C(C#N)=CNc1ccccc1F. The van der Waals surface area contributed by atoms with Crippen molar-refractivity contribution >= 4 is 11.5 Å². The fourth-order valence-corrected chi connectivity index (χ4v) is 1.28. The molecule has 0 saturated heterocycles. The lowest BCUT2D eigenvalue weighted by atomic mass is 9.87. The van der Waals surface area contributed by atoms with Crippen LogP contribution in [0.1, 0.15) is 20.8 Å². The minimum Gasteiger partial charge on any atom is -0.358 e. The maximum atomic E-state index is 13.3. The Morgan fingerprint density at radius 2 is 2.00 bits per heavy atom. The van der Waals surface area contributed by atoms with Gasteiger partial charge in [-0.25, -0.2) is 4.39 Å². The summed E-state index contributed by atoms with van der Waals surface area (Å²) in [7, 11) is 0. The first-order valence-electron chi connectivity index (χ1n) is 5.52. The molecule has 1 N–H and O–H groups in total. The maximum absolute atomic E-state index is 13.3. The molecule has 0 aliphatic rings. The van der Waals surface area contributed by atoms with Crippen LogP contribution >= 0.6 is 0 Å². The van der Waals surface area contributed by atoms with E-state index in [2.05, 4.69) is 5.32 Å². The van der Waals surface area contributed by atoms with Gasteiger partial charge in [-0.05, 0) is 12.1 Å². The van der Waals surface area contributed by atoms with Crippen molar-refractivity contribution in [2.24, 2.45) is 5.41 Å². The highest BCUT2D eigenvalue weighted by Gasteiger charge is 2.24. The average molecular weight is 246 g/mol. The number of nitriles is 1. The van der Waals surface area contributed by atoms with Crippen molar-refractivity contribution in [1.29, 1.82) is 5.26 Å². The standard InChI is InChI=1S/C14H15FN2O/c1-14(2,3)13(18)10(8-16)9-17-12-7-5-4-6-11(12)15/h4-7,9,17H,1-3H3. The molecule has 0 unspecified atom stereocenters. The van der Waals surface area contributed by atoms with E-state index in [-0.39, 0.29) is 17.0 Å². The predicted octanol–water partition coefficient (Wildman–Crippen LogP) is 3.26. The first-order chi connectivity index (χ1) is 8.36. The predicted molar refractivity (Wildman–Crippen MR) is 68.2 cm³/mol. The monoisotopic (exact) mass is 246 g/mol. The molecule has 0 bridgehead atoms. The molecule has 0 aliphatic heterocycles. The fourth-order valence-electron chi connectivity index (χ4n) is 1.28. The molecule has 3 nitrogen and oxygen atoms in total. The van der Waals surface area contributed by atoms with E-state index >= 15 is 0 Å². The molecule has 1 aromatic carbocycles. The lowest BCUT2D eigenvalue weighted by Crippen LogP contribution is -2.22. The number of hydrogen-bond acceptors (Lipinski definition) is 3. The molecular weight excluding hydrogens is 231 g/mol. The third kappa shape index (κ3) is 3.42. The number of carbonyl (C=O) groups is 1. The van der Waals surface area contributed by atoms with Gasteiger partial charge >= 0.3 is 0 Å². The minimum absolute atomic E-state index is 0.0225. The Morgan fingerprint density at radius 3 is 2.50 bits per heavy atom. The Balaban J connectivity index is 2.93. The van der Waals surface area contributed by atoms with E-state index in [0.29, 0.717) is 0 Å². The molecule has 0 spiro atoms. The van der Waals surface area contributed by atoms with E-state index in [0.717, 1.165) is 0 Å². The second kappa shape index (κ2) is 5.46. The molecule has 0 radical (unpaired) electrons. The quantitative estimate of drug-likeness (QED) is 0.658. The van der Waals surface area contributed by atoms with Crippen molar-refractivity contribution in [3.63, 3.8) is 0 Å². The molecule has 4 heteroatoms. The zero-order chi connectivity index (χ0) is 13.8. The summed E-state index contributed by atoms with van der Waals surface area (Å²) in [6.45, 7) is 5.18. The van der Waals surface area contributed by atoms with Gasteiger partial charge in [0.2, 0.25) is 0 Å². The van der Waals surface area contributed by atoms with Crippen molar-refractivity contribution in [2.45, 2.75) is 20.8 Å². The highest BCUT2D eigenvalue weighted by molar-refractivity contribution is 6.02. The Labute approximate surface area is 106 Å². The third-order valence-electron chi connectivity index (χ3n) is 2.29. The molecule has 0 heterocycles.